The second-order valence-electron chi connectivity index (χ2n) is 5.50. The zero-order valence-corrected chi connectivity index (χ0v) is 11.1. The number of nitrogens with one attached hydrogen (secondary N) is 1. The number of aromatic nitrogens is 1. The van der Waals surface area contributed by atoms with Crippen molar-refractivity contribution < 1.29 is 4.39 Å². The Morgan fingerprint density at radius 1 is 1.20 bits per heavy atom. The van der Waals surface area contributed by atoms with E-state index >= 15 is 0 Å². The second kappa shape index (κ2) is 4.36. The molecule has 0 spiro atoms. The monoisotopic (exact) mass is 269 g/mol. The number of hydrogen-bond acceptors (Lipinski definition) is 3. The quantitative estimate of drug-likeness (QED) is 0.858. The van der Waals surface area contributed by atoms with E-state index in [1.165, 1.54) is 5.56 Å². The van der Waals surface area contributed by atoms with E-state index in [9.17, 15) is 4.39 Å². The van der Waals surface area contributed by atoms with Crippen molar-refractivity contribution >= 4 is 0 Å². The average Bonchev–Trinajstić information content (AvgIpc) is 2.89. The molecule has 2 aliphatic heterocycles. The summed E-state index contributed by atoms with van der Waals surface area (Å²) in [5.41, 5.74) is 3.37. The maximum absolute atomic E-state index is 13.2. The summed E-state index contributed by atoms with van der Waals surface area (Å²) in [7, 11) is 0. The fraction of sp³-hybridized carbons (Fsp3) is 0.312. The minimum atomic E-state index is -0.205. The number of fused-ring (bicyclic) bond motifs is 2. The van der Waals surface area contributed by atoms with E-state index in [4.69, 9.17) is 0 Å². The minimum Gasteiger partial charge on any atom is -0.294 e. The molecule has 4 rings (SSSR count). The third kappa shape index (κ3) is 1.69. The van der Waals surface area contributed by atoms with Crippen LogP contribution in [-0.4, -0.2) is 23.0 Å². The van der Waals surface area contributed by atoms with Crippen molar-refractivity contribution in [2.24, 2.45) is 0 Å². The van der Waals surface area contributed by atoms with Crippen molar-refractivity contribution in [2.45, 2.75) is 18.6 Å². The topological polar surface area (TPSA) is 28.2 Å². The van der Waals surface area contributed by atoms with Gasteiger partial charge >= 0.3 is 0 Å². The fourth-order valence-corrected chi connectivity index (χ4v) is 3.43. The number of benzene rings is 1. The number of pyridine rings is 1. The predicted molar refractivity (Wildman–Crippen MR) is 74.4 cm³/mol. The summed E-state index contributed by atoms with van der Waals surface area (Å²) < 4.78 is 13.2. The highest BCUT2D eigenvalue weighted by Gasteiger charge is 2.45. The highest BCUT2D eigenvalue weighted by atomic mass is 19.1. The molecule has 102 valence electrons. The van der Waals surface area contributed by atoms with Crippen LogP contribution < -0.4 is 5.32 Å². The van der Waals surface area contributed by atoms with Gasteiger partial charge in [0.05, 0.1) is 5.69 Å². The molecule has 0 aliphatic carbocycles. The van der Waals surface area contributed by atoms with Crippen molar-refractivity contribution in [3.8, 4) is 0 Å². The van der Waals surface area contributed by atoms with Crippen LogP contribution in [0.1, 0.15) is 16.8 Å². The summed E-state index contributed by atoms with van der Waals surface area (Å²) in [5, 5.41) is 3.62. The molecule has 2 aromatic rings. The van der Waals surface area contributed by atoms with Gasteiger partial charge in [-0.25, -0.2) is 4.39 Å². The summed E-state index contributed by atoms with van der Waals surface area (Å²) in [5.74, 6) is -0.187. The first-order valence-electron chi connectivity index (χ1n) is 6.97. The first kappa shape index (κ1) is 12.0. The van der Waals surface area contributed by atoms with Crippen molar-refractivity contribution in [1.82, 2.24) is 15.2 Å². The molecule has 3 heterocycles. The Kier molecular flexibility index (Phi) is 2.62. The van der Waals surface area contributed by atoms with Gasteiger partial charge in [-0.15, -0.1) is 0 Å². The van der Waals surface area contributed by atoms with Gasteiger partial charge in [-0.05, 0) is 29.3 Å². The first-order chi connectivity index (χ1) is 9.78. The van der Waals surface area contributed by atoms with Crippen LogP contribution in [0.25, 0.3) is 0 Å². The summed E-state index contributed by atoms with van der Waals surface area (Å²) >= 11 is 0. The molecule has 1 unspecified atom stereocenters. The molecular formula is C16H16FN3. The third-order valence-corrected chi connectivity index (χ3v) is 4.43. The molecule has 1 atom stereocenters. The van der Waals surface area contributed by atoms with Crippen molar-refractivity contribution in [3.63, 3.8) is 0 Å². The lowest BCUT2D eigenvalue weighted by molar-refractivity contribution is 0.0921. The van der Waals surface area contributed by atoms with Crippen molar-refractivity contribution in [2.75, 3.05) is 13.1 Å². The van der Waals surface area contributed by atoms with Crippen LogP contribution in [0.2, 0.25) is 0 Å². The molecule has 1 saturated heterocycles. The molecule has 0 radical (unpaired) electrons. The van der Waals surface area contributed by atoms with Gasteiger partial charge in [0.2, 0.25) is 0 Å². The van der Waals surface area contributed by atoms with Crippen LogP contribution in [0.15, 0.2) is 42.6 Å². The SMILES string of the molecule is Fc1ccc(C23Cc4cccnc4CN2CCN3)cc1. The maximum Gasteiger partial charge on any atom is 0.123 e. The van der Waals surface area contributed by atoms with Gasteiger partial charge in [0.15, 0.2) is 0 Å². The molecule has 20 heavy (non-hydrogen) atoms. The fourth-order valence-electron chi connectivity index (χ4n) is 3.43. The van der Waals surface area contributed by atoms with Gasteiger partial charge in [-0.1, -0.05) is 18.2 Å². The average molecular weight is 269 g/mol. The normalized spacial score (nSPS) is 25.2. The van der Waals surface area contributed by atoms with E-state index in [0.717, 1.165) is 37.3 Å². The Balaban J connectivity index is 1.81. The summed E-state index contributed by atoms with van der Waals surface area (Å²) in [6.07, 6.45) is 2.73. The second-order valence-corrected chi connectivity index (χ2v) is 5.50. The zero-order chi connectivity index (χ0) is 13.6. The van der Waals surface area contributed by atoms with Crippen molar-refractivity contribution in [3.05, 3.63) is 65.2 Å². The van der Waals surface area contributed by atoms with Crippen LogP contribution in [0.5, 0.6) is 0 Å². The standard InChI is InChI=1S/C16H16FN3/c17-14-5-3-13(4-6-14)16-10-12-2-1-7-18-15(12)11-20(16)9-8-19-16/h1-7,19H,8-11H2. The van der Waals surface area contributed by atoms with Gasteiger partial charge in [-0.2, -0.15) is 0 Å². The van der Waals surface area contributed by atoms with Gasteiger partial charge in [0.1, 0.15) is 11.5 Å². The van der Waals surface area contributed by atoms with Gasteiger partial charge in [0.25, 0.3) is 0 Å². The number of nitrogens with zero attached hydrogens (tertiary/aromatic N) is 2. The molecule has 0 bridgehead atoms. The molecule has 1 aromatic heterocycles. The third-order valence-electron chi connectivity index (χ3n) is 4.43. The largest absolute Gasteiger partial charge is 0.294 e. The Bertz CT molecular complexity index is 640. The molecule has 1 fully saturated rings. The van der Waals surface area contributed by atoms with Gasteiger partial charge < -0.3 is 0 Å². The van der Waals surface area contributed by atoms with Gasteiger partial charge in [-0.3, -0.25) is 15.2 Å². The van der Waals surface area contributed by atoms with Gasteiger partial charge in [0, 0.05) is 32.3 Å². The number of halogens is 1. The first-order valence-corrected chi connectivity index (χ1v) is 6.97. The number of rotatable bonds is 1. The van der Waals surface area contributed by atoms with E-state index in [2.05, 4.69) is 21.3 Å². The van der Waals surface area contributed by atoms with Crippen LogP contribution in [0.4, 0.5) is 4.39 Å². The zero-order valence-electron chi connectivity index (χ0n) is 11.1. The highest BCUT2D eigenvalue weighted by Crippen LogP contribution is 2.38. The van der Waals surface area contributed by atoms with Crippen molar-refractivity contribution in [1.29, 1.82) is 0 Å². The summed E-state index contributed by atoms with van der Waals surface area (Å²) in [6, 6.07) is 11.0. The highest BCUT2D eigenvalue weighted by molar-refractivity contribution is 5.34. The van der Waals surface area contributed by atoms with E-state index in [-0.39, 0.29) is 11.5 Å². The molecule has 3 nitrogen and oxygen atoms in total. The van der Waals surface area contributed by atoms with E-state index < -0.39 is 0 Å². The van der Waals surface area contributed by atoms with E-state index in [1.807, 2.05) is 24.4 Å². The summed E-state index contributed by atoms with van der Waals surface area (Å²) in [6.45, 7) is 2.79. The molecule has 0 amide bonds. The molecule has 1 aromatic carbocycles. The van der Waals surface area contributed by atoms with E-state index in [0.29, 0.717) is 0 Å². The Hall–Kier alpha value is -1.78. The number of hydrogen-bond donors (Lipinski definition) is 1. The molecule has 2 aliphatic rings. The maximum atomic E-state index is 13.2. The van der Waals surface area contributed by atoms with Crippen LogP contribution in [0.3, 0.4) is 0 Å². The lowest BCUT2D eigenvalue weighted by Gasteiger charge is -2.42. The van der Waals surface area contributed by atoms with Crippen LogP contribution >= 0.6 is 0 Å². The predicted octanol–water partition coefficient (Wildman–Crippen LogP) is 2.03. The molecule has 0 saturated carbocycles. The molecule has 4 heteroatoms. The smallest absolute Gasteiger partial charge is 0.123 e. The van der Waals surface area contributed by atoms with E-state index in [1.54, 1.807) is 12.1 Å². The Labute approximate surface area is 117 Å². The van der Waals surface area contributed by atoms with Crippen LogP contribution in [0, 0.1) is 5.82 Å². The van der Waals surface area contributed by atoms with Crippen LogP contribution in [-0.2, 0) is 18.6 Å². The lowest BCUT2D eigenvalue weighted by Crippen LogP contribution is -2.52. The molecule has 1 N–H and O–H groups in total. The molecular weight excluding hydrogens is 253 g/mol. The minimum absolute atomic E-state index is 0.187. The Morgan fingerprint density at radius 3 is 2.90 bits per heavy atom. The lowest BCUT2D eigenvalue weighted by atomic mass is 9.87. The summed E-state index contributed by atoms with van der Waals surface area (Å²) in [4.78, 5) is 6.90. The Morgan fingerprint density at radius 2 is 2.05 bits per heavy atom.